The minimum atomic E-state index is -0.791. The van der Waals surface area contributed by atoms with E-state index in [1.165, 1.54) is 11.1 Å². The number of benzene rings is 2. The first-order valence-corrected chi connectivity index (χ1v) is 7.87. The van der Waals surface area contributed by atoms with E-state index >= 15 is 0 Å². The molecule has 0 amide bonds. The molecule has 0 fully saturated rings. The van der Waals surface area contributed by atoms with Crippen LogP contribution in [0.25, 0.3) is 0 Å². The van der Waals surface area contributed by atoms with Crippen LogP contribution in [0.15, 0.2) is 48.5 Å². The standard InChI is InChI=1S/C19H21NO2/c1-2-14-9-11-16(12-10-14)18(19(21)22)20-13-5-7-15-6-3-4-8-17(15)20/h3-4,6,8-12,18H,2,5,7,13H2,1H3,(H,21,22). The van der Waals surface area contributed by atoms with Crippen LogP contribution in [0.4, 0.5) is 5.69 Å². The molecule has 1 unspecified atom stereocenters. The van der Waals surface area contributed by atoms with Gasteiger partial charge in [-0.2, -0.15) is 0 Å². The molecule has 3 heteroatoms. The van der Waals surface area contributed by atoms with Crippen LogP contribution in [0.1, 0.15) is 36.1 Å². The SMILES string of the molecule is CCc1ccc(C(C(=O)O)N2CCCc3ccccc32)cc1. The van der Waals surface area contributed by atoms with Gasteiger partial charge in [-0.05, 0) is 42.0 Å². The Balaban J connectivity index is 2.00. The van der Waals surface area contributed by atoms with Crippen molar-refractivity contribution in [1.29, 1.82) is 0 Å². The van der Waals surface area contributed by atoms with Gasteiger partial charge in [-0.1, -0.05) is 49.4 Å². The number of carboxylic acids is 1. The molecule has 3 rings (SSSR count). The molecule has 3 nitrogen and oxygen atoms in total. The number of aryl methyl sites for hydroxylation is 2. The fourth-order valence-corrected chi connectivity index (χ4v) is 3.22. The Bertz CT molecular complexity index is 663. The van der Waals surface area contributed by atoms with Gasteiger partial charge in [0.2, 0.25) is 0 Å². The van der Waals surface area contributed by atoms with Crippen LogP contribution in [-0.4, -0.2) is 17.6 Å². The minimum absolute atomic E-state index is 0.618. The highest BCUT2D eigenvalue weighted by atomic mass is 16.4. The lowest BCUT2D eigenvalue weighted by Crippen LogP contribution is -2.37. The summed E-state index contributed by atoms with van der Waals surface area (Å²) in [5.41, 5.74) is 4.37. The maximum absolute atomic E-state index is 11.9. The van der Waals surface area contributed by atoms with Gasteiger partial charge in [0.25, 0.3) is 0 Å². The Kier molecular flexibility index (Phi) is 4.14. The predicted molar refractivity (Wildman–Crippen MR) is 88.3 cm³/mol. The summed E-state index contributed by atoms with van der Waals surface area (Å²) in [7, 11) is 0. The number of anilines is 1. The molecule has 0 saturated heterocycles. The molecule has 0 aliphatic carbocycles. The lowest BCUT2D eigenvalue weighted by atomic mass is 9.96. The summed E-state index contributed by atoms with van der Waals surface area (Å²) >= 11 is 0. The van der Waals surface area contributed by atoms with Crippen molar-refractivity contribution in [3.05, 3.63) is 65.2 Å². The summed E-state index contributed by atoms with van der Waals surface area (Å²) in [5, 5.41) is 9.79. The van der Waals surface area contributed by atoms with E-state index in [4.69, 9.17) is 0 Å². The van der Waals surface area contributed by atoms with Gasteiger partial charge in [0.1, 0.15) is 0 Å². The van der Waals surface area contributed by atoms with Crippen molar-refractivity contribution in [1.82, 2.24) is 0 Å². The summed E-state index contributed by atoms with van der Waals surface area (Å²) < 4.78 is 0. The zero-order valence-electron chi connectivity index (χ0n) is 12.8. The second kappa shape index (κ2) is 6.22. The lowest BCUT2D eigenvalue weighted by molar-refractivity contribution is -0.138. The molecule has 0 spiro atoms. The van der Waals surface area contributed by atoms with Crippen molar-refractivity contribution in [2.75, 3.05) is 11.4 Å². The van der Waals surface area contributed by atoms with E-state index in [9.17, 15) is 9.90 Å². The second-order valence-electron chi connectivity index (χ2n) is 5.76. The van der Waals surface area contributed by atoms with E-state index in [0.29, 0.717) is 0 Å². The Labute approximate surface area is 131 Å². The van der Waals surface area contributed by atoms with Gasteiger partial charge < -0.3 is 10.0 Å². The maximum Gasteiger partial charge on any atom is 0.331 e. The molecule has 1 aliphatic rings. The highest BCUT2D eigenvalue weighted by molar-refractivity contribution is 5.81. The molecule has 1 aliphatic heterocycles. The highest BCUT2D eigenvalue weighted by Gasteiger charge is 2.30. The number of hydrogen-bond donors (Lipinski definition) is 1. The smallest absolute Gasteiger partial charge is 0.331 e. The number of fused-ring (bicyclic) bond motifs is 1. The molecule has 1 atom stereocenters. The van der Waals surface area contributed by atoms with Crippen LogP contribution in [-0.2, 0) is 17.6 Å². The van der Waals surface area contributed by atoms with Crippen LogP contribution in [0, 0.1) is 0 Å². The molecular weight excluding hydrogens is 274 g/mol. The van der Waals surface area contributed by atoms with Gasteiger partial charge in [0.05, 0.1) is 0 Å². The number of hydrogen-bond acceptors (Lipinski definition) is 2. The van der Waals surface area contributed by atoms with Crippen molar-refractivity contribution >= 4 is 11.7 Å². The summed E-state index contributed by atoms with van der Waals surface area (Å²) in [5.74, 6) is -0.791. The average molecular weight is 295 g/mol. The highest BCUT2D eigenvalue weighted by Crippen LogP contribution is 2.34. The third-order valence-corrected chi connectivity index (χ3v) is 4.40. The van der Waals surface area contributed by atoms with E-state index in [1.54, 1.807) is 0 Å². The number of nitrogens with zero attached hydrogens (tertiary/aromatic N) is 1. The van der Waals surface area contributed by atoms with Crippen LogP contribution in [0.2, 0.25) is 0 Å². The molecule has 22 heavy (non-hydrogen) atoms. The van der Waals surface area contributed by atoms with E-state index < -0.39 is 12.0 Å². The quantitative estimate of drug-likeness (QED) is 0.932. The monoisotopic (exact) mass is 295 g/mol. The summed E-state index contributed by atoms with van der Waals surface area (Å²) in [4.78, 5) is 14.0. The molecule has 1 N–H and O–H groups in total. The van der Waals surface area contributed by atoms with Gasteiger partial charge >= 0.3 is 5.97 Å². The van der Waals surface area contributed by atoms with Gasteiger partial charge in [0.15, 0.2) is 6.04 Å². The third kappa shape index (κ3) is 2.71. The fraction of sp³-hybridized carbons (Fsp3) is 0.316. The van der Waals surface area contributed by atoms with Crippen LogP contribution >= 0.6 is 0 Å². The van der Waals surface area contributed by atoms with Crippen molar-refractivity contribution in [2.24, 2.45) is 0 Å². The summed E-state index contributed by atoms with van der Waals surface area (Å²) in [6.07, 6.45) is 2.98. The van der Waals surface area contributed by atoms with Gasteiger partial charge in [-0.25, -0.2) is 4.79 Å². The number of carbonyl (C=O) groups is 1. The first-order chi connectivity index (χ1) is 10.7. The Morgan fingerprint density at radius 2 is 1.91 bits per heavy atom. The Hall–Kier alpha value is -2.29. The third-order valence-electron chi connectivity index (χ3n) is 4.40. The van der Waals surface area contributed by atoms with Gasteiger partial charge in [0, 0.05) is 12.2 Å². The van der Waals surface area contributed by atoms with Gasteiger partial charge in [-0.3, -0.25) is 0 Å². The molecule has 114 valence electrons. The molecule has 2 aromatic rings. The molecule has 1 heterocycles. The predicted octanol–water partition coefficient (Wildman–Crippen LogP) is 3.83. The molecule has 0 bridgehead atoms. The average Bonchev–Trinajstić information content (AvgIpc) is 2.56. The van der Waals surface area contributed by atoms with Crippen molar-refractivity contribution in [2.45, 2.75) is 32.2 Å². The topological polar surface area (TPSA) is 40.5 Å². The van der Waals surface area contributed by atoms with Crippen molar-refractivity contribution in [3.63, 3.8) is 0 Å². The van der Waals surface area contributed by atoms with Gasteiger partial charge in [-0.15, -0.1) is 0 Å². The number of carboxylic acid groups (broad SMARTS) is 1. The van der Waals surface area contributed by atoms with Crippen LogP contribution < -0.4 is 4.90 Å². The largest absolute Gasteiger partial charge is 0.479 e. The first-order valence-electron chi connectivity index (χ1n) is 7.87. The number of aliphatic carboxylic acids is 1. The normalized spacial score (nSPS) is 15.2. The number of rotatable bonds is 4. The zero-order valence-corrected chi connectivity index (χ0v) is 12.8. The first kappa shape index (κ1) is 14.6. The Morgan fingerprint density at radius 3 is 2.59 bits per heavy atom. The van der Waals surface area contributed by atoms with Crippen LogP contribution in [0.3, 0.4) is 0 Å². The van der Waals surface area contributed by atoms with Crippen molar-refractivity contribution < 1.29 is 9.90 Å². The maximum atomic E-state index is 11.9. The van der Waals surface area contributed by atoms with E-state index in [1.807, 2.05) is 47.4 Å². The zero-order chi connectivity index (χ0) is 15.5. The lowest BCUT2D eigenvalue weighted by Gasteiger charge is -2.36. The second-order valence-corrected chi connectivity index (χ2v) is 5.76. The van der Waals surface area contributed by atoms with E-state index in [-0.39, 0.29) is 0 Å². The molecule has 2 aromatic carbocycles. The Morgan fingerprint density at radius 1 is 1.18 bits per heavy atom. The number of para-hydroxylation sites is 1. The van der Waals surface area contributed by atoms with E-state index in [2.05, 4.69) is 13.0 Å². The van der Waals surface area contributed by atoms with E-state index in [0.717, 1.165) is 37.1 Å². The minimum Gasteiger partial charge on any atom is -0.479 e. The van der Waals surface area contributed by atoms with Crippen molar-refractivity contribution in [3.8, 4) is 0 Å². The van der Waals surface area contributed by atoms with Crippen LogP contribution in [0.5, 0.6) is 0 Å². The molecule has 0 aromatic heterocycles. The molecular formula is C19H21NO2. The summed E-state index contributed by atoms with van der Waals surface area (Å²) in [6, 6.07) is 15.5. The molecule has 0 radical (unpaired) electrons. The molecule has 0 saturated carbocycles. The summed E-state index contributed by atoms with van der Waals surface area (Å²) in [6.45, 7) is 2.88. The fourth-order valence-electron chi connectivity index (χ4n) is 3.22.